The molecule has 116 valence electrons. The summed E-state index contributed by atoms with van der Waals surface area (Å²) in [6.07, 6.45) is 6.65. The molecule has 0 N–H and O–H groups in total. The highest BCUT2D eigenvalue weighted by Gasteiger charge is 2.24. The molecule has 0 spiro atoms. The van der Waals surface area contributed by atoms with E-state index in [2.05, 4.69) is 43.9 Å². The molecule has 1 saturated heterocycles. The van der Waals surface area contributed by atoms with Crippen LogP contribution in [-0.2, 0) is 6.54 Å². The van der Waals surface area contributed by atoms with Gasteiger partial charge in [-0.3, -0.25) is 4.98 Å². The molecule has 0 amide bonds. The van der Waals surface area contributed by atoms with Gasteiger partial charge in [0.05, 0.1) is 0 Å². The van der Waals surface area contributed by atoms with Crippen LogP contribution in [0.2, 0.25) is 0 Å². The maximum Gasteiger partial charge on any atom is 0.132 e. The quantitative estimate of drug-likeness (QED) is 0.846. The second kappa shape index (κ2) is 6.83. The summed E-state index contributed by atoms with van der Waals surface area (Å²) < 4.78 is 0. The molecule has 0 bridgehead atoms. The van der Waals surface area contributed by atoms with Crippen molar-refractivity contribution in [1.29, 1.82) is 0 Å². The number of pyridine rings is 1. The SMILES string of the molecule is Cc1cc(N2CC[C@H](CN(C)Cc3cccnc3)C2)ncn1. The largest absolute Gasteiger partial charge is 0.356 e. The lowest BCUT2D eigenvalue weighted by molar-refractivity contribution is 0.279. The number of anilines is 1. The summed E-state index contributed by atoms with van der Waals surface area (Å²) in [4.78, 5) is 17.5. The molecule has 5 heteroatoms. The van der Waals surface area contributed by atoms with E-state index >= 15 is 0 Å². The van der Waals surface area contributed by atoms with Crippen molar-refractivity contribution in [2.24, 2.45) is 5.92 Å². The smallest absolute Gasteiger partial charge is 0.132 e. The van der Waals surface area contributed by atoms with Crippen molar-refractivity contribution in [3.63, 3.8) is 0 Å². The van der Waals surface area contributed by atoms with Crippen LogP contribution in [0.5, 0.6) is 0 Å². The third-order valence-electron chi connectivity index (χ3n) is 4.14. The van der Waals surface area contributed by atoms with Gasteiger partial charge in [0.2, 0.25) is 0 Å². The minimum Gasteiger partial charge on any atom is -0.356 e. The monoisotopic (exact) mass is 297 g/mol. The molecule has 0 saturated carbocycles. The summed E-state index contributed by atoms with van der Waals surface area (Å²) in [5, 5.41) is 0. The summed E-state index contributed by atoms with van der Waals surface area (Å²) >= 11 is 0. The van der Waals surface area contributed by atoms with Crippen molar-refractivity contribution in [3.8, 4) is 0 Å². The molecular formula is C17H23N5. The molecular weight excluding hydrogens is 274 g/mol. The summed E-state index contributed by atoms with van der Waals surface area (Å²) in [6.45, 7) is 6.24. The van der Waals surface area contributed by atoms with Gasteiger partial charge in [-0.2, -0.15) is 0 Å². The third kappa shape index (κ3) is 3.80. The third-order valence-corrected chi connectivity index (χ3v) is 4.14. The first-order chi connectivity index (χ1) is 10.7. The molecule has 1 aliphatic rings. The maximum atomic E-state index is 4.40. The fourth-order valence-corrected chi connectivity index (χ4v) is 3.11. The summed E-state index contributed by atoms with van der Waals surface area (Å²) in [5.41, 5.74) is 2.30. The van der Waals surface area contributed by atoms with E-state index in [-0.39, 0.29) is 0 Å². The van der Waals surface area contributed by atoms with Gasteiger partial charge < -0.3 is 9.80 Å². The highest BCUT2D eigenvalue weighted by Crippen LogP contribution is 2.23. The van der Waals surface area contributed by atoms with Crippen molar-refractivity contribution < 1.29 is 0 Å². The van der Waals surface area contributed by atoms with Gasteiger partial charge in [0.1, 0.15) is 12.1 Å². The normalized spacial score (nSPS) is 18.1. The van der Waals surface area contributed by atoms with E-state index in [1.165, 1.54) is 12.0 Å². The molecule has 2 aromatic rings. The minimum absolute atomic E-state index is 0.692. The van der Waals surface area contributed by atoms with Crippen molar-refractivity contribution in [1.82, 2.24) is 19.9 Å². The van der Waals surface area contributed by atoms with Crippen LogP contribution in [-0.4, -0.2) is 46.5 Å². The topological polar surface area (TPSA) is 45.2 Å². The fraction of sp³-hybridized carbons (Fsp3) is 0.471. The molecule has 1 fully saturated rings. The highest BCUT2D eigenvalue weighted by atomic mass is 15.2. The Labute approximate surface area is 132 Å². The fourth-order valence-electron chi connectivity index (χ4n) is 3.11. The lowest BCUT2D eigenvalue weighted by Gasteiger charge is -2.22. The van der Waals surface area contributed by atoms with Crippen molar-refractivity contribution in [2.45, 2.75) is 19.9 Å². The lowest BCUT2D eigenvalue weighted by atomic mass is 10.1. The van der Waals surface area contributed by atoms with E-state index in [4.69, 9.17) is 0 Å². The number of hydrogen-bond acceptors (Lipinski definition) is 5. The van der Waals surface area contributed by atoms with Gasteiger partial charge in [-0.05, 0) is 37.9 Å². The van der Waals surface area contributed by atoms with Crippen molar-refractivity contribution in [3.05, 3.63) is 48.2 Å². The van der Waals surface area contributed by atoms with Crippen LogP contribution >= 0.6 is 0 Å². The number of nitrogens with zero attached hydrogens (tertiary/aromatic N) is 5. The van der Waals surface area contributed by atoms with Gasteiger partial charge in [-0.15, -0.1) is 0 Å². The molecule has 22 heavy (non-hydrogen) atoms. The molecule has 0 unspecified atom stereocenters. The first-order valence-corrected chi connectivity index (χ1v) is 7.82. The van der Waals surface area contributed by atoms with Crippen LogP contribution in [0.3, 0.4) is 0 Å². The Morgan fingerprint density at radius 2 is 2.27 bits per heavy atom. The predicted molar refractivity (Wildman–Crippen MR) is 87.7 cm³/mol. The zero-order valence-corrected chi connectivity index (χ0v) is 13.3. The lowest BCUT2D eigenvalue weighted by Crippen LogP contribution is -2.28. The van der Waals surface area contributed by atoms with Gasteiger partial charge in [0.15, 0.2) is 0 Å². The Morgan fingerprint density at radius 3 is 3.05 bits per heavy atom. The standard InChI is InChI=1S/C17H23N5/c1-14-8-17(20-13-19-14)22-7-5-16(12-22)11-21(2)10-15-4-3-6-18-9-15/h3-4,6,8-9,13,16H,5,7,10-12H2,1-2H3/t16-/m1/s1. The second-order valence-electron chi connectivity index (χ2n) is 6.18. The molecule has 0 radical (unpaired) electrons. The number of hydrogen-bond donors (Lipinski definition) is 0. The molecule has 3 rings (SSSR count). The van der Waals surface area contributed by atoms with Gasteiger partial charge in [0.25, 0.3) is 0 Å². The molecule has 0 aliphatic carbocycles. The van der Waals surface area contributed by atoms with Crippen LogP contribution in [0.1, 0.15) is 17.7 Å². The Hall–Kier alpha value is -2.01. The first kappa shape index (κ1) is 14.9. The van der Waals surface area contributed by atoms with Gasteiger partial charge >= 0.3 is 0 Å². The zero-order valence-electron chi connectivity index (χ0n) is 13.3. The van der Waals surface area contributed by atoms with Gasteiger partial charge in [-0.1, -0.05) is 6.07 Å². The average Bonchev–Trinajstić information content (AvgIpc) is 2.96. The van der Waals surface area contributed by atoms with Crippen LogP contribution in [0.15, 0.2) is 36.9 Å². The van der Waals surface area contributed by atoms with Crippen molar-refractivity contribution in [2.75, 3.05) is 31.6 Å². The Kier molecular flexibility index (Phi) is 4.63. The molecule has 1 aliphatic heterocycles. The Balaban J connectivity index is 1.52. The van der Waals surface area contributed by atoms with E-state index in [0.717, 1.165) is 37.7 Å². The van der Waals surface area contributed by atoms with Crippen LogP contribution in [0, 0.1) is 12.8 Å². The summed E-state index contributed by atoms with van der Waals surface area (Å²) in [6, 6.07) is 6.20. The molecule has 2 aromatic heterocycles. The van der Waals surface area contributed by atoms with Gasteiger partial charge in [0, 0.05) is 50.3 Å². The van der Waals surface area contributed by atoms with Crippen LogP contribution < -0.4 is 4.90 Å². The Bertz CT molecular complexity index is 601. The van der Waals surface area contributed by atoms with E-state index in [1.807, 2.05) is 25.4 Å². The molecule has 5 nitrogen and oxygen atoms in total. The minimum atomic E-state index is 0.692. The Morgan fingerprint density at radius 1 is 1.36 bits per heavy atom. The zero-order chi connectivity index (χ0) is 15.4. The predicted octanol–water partition coefficient (Wildman–Crippen LogP) is 2.14. The van der Waals surface area contributed by atoms with E-state index in [1.54, 1.807) is 6.33 Å². The first-order valence-electron chi connectivity index (χ1n) is 7.82. The molecule has 1 atom stereocenters. The molecule has 3 heterocycles. The highest BCUT2D eigenvalue weighted by molar-refractivity contribution is 5.39. The van der Waals surface area contributed by atoms with Gasteiger partial charge in [-0.25, -0.2) is 9.97 Å². The van der Waals surface area contributed by atoms with E-state index in [0.29, 0.717) is 5.92 Å². The van der Waals surface area contributed by atoms with Crippen LogP contribution in [0.4, 0.5) is 5.82 Å². The van der Waals surface area contributed by atoms with Crippen LogP contribution in [0.25, 0.3) is 0 Å². The maximum absolute atomic E-state index is 4.40. The summed E-state index contributed by atoms with van der Waals surface area (Å²) in [7, 11) is 2.19. The summed E-state index contributed by atoms with van der Waals surface area (Å²) in [5.74, 6) is 1.75. The van der Waals surface area contributed by atoms with Crippen molar-refractivity contribution >= 4 is 5.82 Å². The number of aromatic nitrogens is 3. The van der Waals surface area contributed by atoms with E-state index < -0.39 is 0 Å². The molecule has 0 aromatic carbocycles. The number of aryl methyl sites for hydroxylation is 1. The number of rotatable bonds is 5. The average molecular weight is 297 g/mol. The second-order valence-corrected chi connectivity index (χ2v) is 6.18. The van der Waals surface area contributed by atoms with E-state index in [9.17, 15) is 0 Å².